The topological polar surface area (TPSA) is 220 Å². The fourth-order valence-corrected chi connectivity index (χ4v) is 5.74. The van der Waals surface area contributed by atoms with E-state index in [1.54, 1.807) is 4.68 Å². The second kappa shape index (κ2) is 16.5. The van der Waals surface area contributed by atoms with Gasteiger partial charge in [0.25, 0.3) is 0 Å². The van der Waals surface area contributed by atoms with E-state index in [0.29, 0.717) is 57.3 Å². The number of carbonyl (C=O) groups excluding carboxylic acids is 6. The number of rotatable bonds is 7. The molecule has 0 bridgehead atoms. The molecule has 1 saturated heterocycles. The molecule has 1 aromatic rings. The summed E-state index contributed by atoms with van der Waals surface area (Å²) in [5.74, 6) is -2.72. The van der Waals surface area contributed by atoms with Crippen LogP contribution in [0.5, 0.6) is 0 Å². The molecule has 46 heavy (non-hydrogen) atoms. The van der Waals surface area contributed by atoms with Crippen molar-refractivity contribution < 1.29 is 33.5 Å². The number of aryl methyl sites for hydroxylation is 1. The van der Waals surface area contributed by atoms with Gasteiger partial charge < -0.3 is 36.6 Å². The first-order valence-corrected chi connectivity index (χ1v) is 16.2. The van der Waals surface area contributed by atoms with Crippen LogP contribution in [0.2, 0.25) is 0 Å². The maximum absolute atomic E-state index is 13.7. The highest BCUT2D eigenvalue weighted by molar-refractivity contribution is 5.96. The van der Waals surface area contributed by atoms with E-state index in [-0.39, 0.29) is 49.8 Å². The van der Waals surface area contributed by atoms with E-state index in [0.717, 1.165) is 12.8 Å². The Kier molecular flexibility index (Phi) is 12.5. The van der Waals surface area contributed by atoms with Crippen LogP contribution in [0.3, 0.4) is 0 Å². The molecule has 2 fully saturated rings. The highest BCUT2D eigenvalue weighted by atomic mass is 16.5. The van der Waals surface area contributed by atoms with Crippen molar-refractivity contribution in [2.45, 2.75) is 109 Å². The molecule has 1 saturated carbocycles. The van der Waals surface area contributed by atoms with Crippen LogP contribution >= 0.6 is 0 Å². The minimum atomic E-state index is -1.21. The average molecular weight is 646 g/mol. The molecular formula is C30H47N9O7. The third kappa shape index (κ3) is 10.2. The molecule has 3 aliphatic rings. The summed E-state index contributed by atoms with van der Waals surface area (Å²) in [6.45, 7) is 4.18. The van der Waals surface area contributed by atoms with E-state index < -0.39 is 47.8 Å². The zero-order valence-electron chi connectivity index (χ0n) is 26.7. The molecule has 2 aliphatic heterocycles. The van der Waals surface area contributed by atoms with Crippen molar-refractivity contribution >= 4 is 35.4 Å². The number of nitrogens with one attached hydrogen (secondary N) is 4. The van der Waals surface area contributed by atoms with Crippen molar-refractivity contribution in [2.75, 3.05) is 19.7 Å². The van der Waals surface area contributed by atoms with E-state index in [1.807, 2.05) is 13.8 Å². The van der Waals surface area contributed by atoms with Gasteiger partial charge in [0.1, 0.15) is 24.2 Å². The van der Waals surface area contributed by atoms with Crippen LogP contribution in [0.1, 0.15) is 77.3 Å². The Morgan fingerprint density at radius 1 is 1.07 bits per heavy atom. The maximum atomic E-state index is 13.7. The lowest BCUT2D eigenvalue weighted by Gasteiger charge is -2.28. The molecule has 1 aromatic heterocycles. The predicted molar refractivity (Wildman–Crippen MR) is 163 cm³/mol. The number of ether oxygens (including phenoxy) is 1. The molecule has 254 valence electrons. The molecule has 16 nitrogen and oxygen atoms in total. The summed E-state index contributed by atoms with van der Waals surface area (Å²) < 4.78 is 7.51. The third-order valence-corrected chi connectivity index (χ3v) is 8.47. The van der Waals surface area contributed by atoms with E-state index >= 15 is 0 Å². The van der Waals surface area contributed by atoms with Crippen LogP contribution in [0.15, 0.2) is 6.20 Å². The summed E-state index contributed by atoms with van der Waals surface area (Å²) in [6.07, 6.45) is 6.44. The first kappa shape index (κ1) is 34.8. The van der Waals surface area contributed by atoms with Crippen molar-refractivity contribution in [3.8, 4) is 0 Å². The highest BCUT2D eigenvalue weighted by Gasteiger charge is 2.38. The Hall–Kier alpha value is -4.08. The fourth-order valence-electron chi connectivity index (χ4n) is 5.74. The SMILES string of the molecule is CC(C)C[C@H](NC(=O)[C@@H]1COCc2cnnn2CCCCC(=O)NCC(=O)N2CCC[C@H]2C(=O)N[C@@H](CC2CC2)C(=O)N1)C(N)=O. The largest absolute Gasteiger partial charge is 0.372 e. The van der Waals surface area contributed by atoms with Crippen LogP contribution in [-0.4, -0.2) is 99.2 Å². The molecule has 6 N–H and O–H groups in total. The smallest absolute Gasteiger partial charge is 0.245 e. The highest BCUT2D eigenvalue weighted by Crippen LogP contribution is 2.33. The Morgan fingerprint density at radius 3 is 2.57 bits per heavy atom. The van der Waals surface area contributed by atoms with Gasteiger partial charge in [0.05, 0.1) is 31.6 Å². The summed E-state index contributed by atoms with van der Waals surface area (Å²) in [4.78, 5) is 79.6. The number of hydrogen-bond donors (Lipinski definition) is 5. The van der Waals surface area contributed by atoms with Gasteiger partial charge in [-0.3, -0.25) is 28.8 Å². The number of nitrogens with zero attached hydrogens (tertiary/aromatic N) is 4. The average Bonchev–Trinajstić information content (AvgIpc) is 3.48. The van der Waals surface area contributed by atoms with E-state index in [1.165, 1.54) is 11.1 Å². The number of fused-ring (bicyclic) bond motifs is 2. The summed E-state index contributed by atoms with van der Waals surface area (Å²) in [5.41, 5.74) is 6.18. The van der Waals surface area contributed by atoms with Gasteiger partial charge in [-0.1, -0.05) is 31.9 Å². The summed E-state index contributed by atoms with van der Waals surface area (Å²) >= 11 is 0. The molecule has 6 amide bonds. The van der Waals surface area contributed by atoms with Gasteiger partial charge in [0, 0.05) is 19.5 Å². The second-order valence-corrected chi connectivity index (χ2v) is 12.8. The lowest BCUT2D eigenvalue weighted by atomic mass is 10.0. The zero-order valence-corrected chi connectivity index (χ0v) is 26.7. The van der Waals surface area contributed by atoms with Crippen molar-refractivity contribution in [2.24, 2.45) is 17.6 Å². The van der Waals surface area contributed by atoms with Gasteiger partial charge in [0.15, 0.2) is 0 Å². The van der Waals surface area contributed by atoms with Gasteiger partial charge >= 0.3 is 0 Å². The monoisotopic (exact) mass is 645 g/mol. The van der Waals surface area contributed by atoms with Crippen molar-refractivity contribution in [1.82, 2.24) is 41.2 Å². The fraction of sp³-hybridized carbons (Fsp3) is 0.733. The van der Waals surface area contributed by atoms with E-state index in [2.05, 4.69) is 31.6 Å². The van der Waals surface area contributed by atoms with Crippen molar-refractivity contribution in [3.63, 3.8) is 0 Å². The van der Waals surface area contributed by atoms with Crippen molar-refractivity contribution in [1.29, 1.82) is 0 Å². The minimum absolute atomic E-state index is 0.0280. The second-order valence-electron chi connectivity index (χ2n) is 12.8. The molecule has 0 spiro atoms. The number of aromatic nitrogens is 3. The Labute approximate surface area is 268 Å². The van der Waals surface area contributed by atoms with Crippen LogP contribution in [-0.2, 0) is 46.7 Å². The minimum Gasteiger partial charge on any atom is -0.372 e. The van der Waals surface area contributed by atoms with Crippen LogP contribution in [0.4, 0.5) is 0 Å². The number of hydrogen-bond acceptors (Lipinski definition) is 9. The molecular weight excluding hydrogens is 598 g/mol. The third-order valence-electron chi connectivity index (χ3n) is 8.47. The summed E-state index contributed by atoms with van der Waals surface area (Å²) in [6, 6.07) is -3.90. The normalized spacial score (nSPS) is 24.9. The van der Waals surface area contributed by atoms with E-state index in [9.17, 15) is 28.8 Å². The first-order valence-electron chi connectivity index (χ1n) is 16.2. The zero-order chi connectivity index (χ0) is 33.2. The number of nitrogens with two attached hydrogens (primary N) is 1. The molecule has 1 aliphatic carbocycles. The molecule has 0 aromatic carbocycles. The quantitative estimate of drug-likeness (QED) is 0.242. The first-order chi connectivity index (χ1) is 22.0. The molecule has 3 heterocycles. The van der Waals surface area contributed by atoms with Gasteiger partial charge in [-0.25, -0.2) is 4.68 Å². The summed E-state index contributed by atoms with van der Waals surface area (Å²) in [5, 5.41) is 18.9. The maximum Gasteiger partial charge on any atom is 0.245 e. The molecule has 0 unspecified atom stereocenters. The lowest BCUT2D eigenvalue weighted by Crippen LogP contribution is -2.59. The number of primary amides is 1. The lowest BCUT2D eigenvalue weighted by molar-refractivity contribution is -0.140. The molecule has 4 rings (SSSR count). The molecule has 0 radical (unpaired) electrons. The van der Waals surface area contributed by atoms with Crippen LogP contribution in [0, 0.1) is 11.8 Å². The van der Waals surface area contributed by atoms with Crippen LogP contribution in [0.25, 0.3) is 0 Å². The van der Waals surface area contributed by atoms with Gasteiger partial charge in [-0.2, -0.15) is 0 Å². The Balaban J connectivity index is 1.55. The number of carbonyl (C=O) groups is 6. The molecule has 4 atom stereocenters. The van der Waals surface area contributed by atoms with Crippen LogP contribution < -0.4 is 27.0 Å². The van der Waals surface area contributed by atoms with Crippen molar-refractivity contribution in [3.05, 3.63) is 11.9 Å². The number of amides is 6. The Morgan fingerprint density at radius 2 is 1.85 bits per heavy atom. The van der Waals surface area contributed by atoms with Gasteiger partial charge in [-0.15, -0.1) is 5.10 Å². The Bertz CT molecular complexity index is 1260. The summed E-state index contributed by atoms with van der Waals surface area (Å²) in [7, 11) is 0. The van der Waals surface area contributed by atoms with Gasteiger partial charge in [0.2, 0.25) is 35.4 Å². The standard InChI is InChI=1S/C30H47N9O7/c1-18(2)12-21(27(31)42)34-29(44)23-17-46-16-20-14-33-37-39(20)11-4-3-7-25(40)32-15-26(41)38-10-5-6-24(38)30(45)35-22(28(43)36-23)13-19-8-9-19/h14,18-19,21-24H,3-13,15-17H2,1-2H3,(H2,31,42)(H,32,40)(H,34,44)(H,35,45)(H,36,43)/t21-,22-,23-,24-/m0/s1. The van der Waals surface area contributed by atoms with Gasteiger partial charge in [-0.05, 0) is 50.4 Å². The predicted octanol–water partition coefficient (Wildman–Crippen LogP) is -1.13. The molecule has 16 heteroatoms. The van der Waals surface area contributed by atoms with E-state index in [4.69, 9.17) is 10.5 Å².